The van der Waals surface area contributed by atoms with Gasteiger partial charge in [-0.2, -0.15) is 0 Å². The largest absolute Gasteiger partial charge is 0.225 e. The van der Waals surface area contributed by atoms with Crippen LogP contribution in [-0.4, -0.2) is 44.9 Å². The predicted molar refractivity (Wildman–Crippen MR) is 62.2 cm³/mol. The van der Waals surface area contributed by atoms with Gasteiger partial charge in [0.15, 0.2) is 0 Å². The summed E-state index contributed by atoms with van der Waals surface area (Å²) < 4.78 is 0. The number of aryl methyl sites for hydroxylation is 1. The molecule has 9 nitrogen and oxygen atoms in total. The van der Waals surface area contributed by atoms with Crippen LogP contribution >= 0.6 is 0 Å². The van der Waals surface area contributed by atoms with Crippen LogP contribution in [0, 0.1) is 6.92 Å². The van der Waals surface area contributed by atoms with Crippen LogP contribution in [0.5, 0.6) is 0 Å². The molecule has 0 N–H and O–H groups in total. The molecule has 0 atom stereocenters. The van der Waals surface area contributed by atoms with E-state index in [1.54, 1.807) is 6.92 Å². The second-order valence-corrected chi connectivity index (χ2v) is 3.45. The van der Waals surface area contributed by atoms with Crippen molar-refractivity contribution >= 4 is 0 Å². The van der Waals surface area contributed by atoms with E-state index in [0.717, 1.165) is 0 Å². The Morgan fingerprint density at radius 1 is 0.579 bits per heavy atom. The molecule has 0 aliphatic heterocycles. The second-order valence-electron chi connectivity index (χ2n) is 3.45. The van der Waals surface area contributed by atoms with Crippen molar-refractivity contribution in [3.05, 3.63) is 31.1 Å². The molecule has 0 amide bonds. The maximum Gasteiger partial charge on any atom is 0.201 e. The molecule has 0 saturated carbocycles. The van der Waals surface area contributed by atoms with Crippen LogP contribution in [0.4, 0.5) is 0 Å². The van der Waals surface area contributed by atoms with E-state index in [9.17, 15) is 0 Å². The van der Waals surface area contributed by atoms with Gasteiger partial charge in [-0.1, -0.05) is 0 Å². The molecule has 3 heterocycles. The van der Waals surface area contributed by atoms with Gasteiger partial charge in [-0.05, 0) is 6.92 Å². The van der Waals surface area contributed by atoms with Crippen molar-refractivity contribution < 1.29 is 0 Å². The summed E-state index contributed by atoms with van der Waals surface area (Å²) in [7, 11) is 0. The lowest BCUT2D eigenvalue weighted by atomic mass is 10.4. The molecule has 3 aromatic heterocycles. The molecule has 3 rings (SSSR count). The quantitative estimate of drug-likeness (QED) is 0.616. The summed E-state index contributed by atoms with van der Waals surface area (Å²) in [6.07, 6.45) is 5.52. The molecule has 0 spiro atoms. The fraction of sp³-hybridized carbons (Fsp3) is 0.100. The van der Waals surface area contributed by atoms with Crippen molar-refractivity contribution in [2.24, 2.45) is 0 Å². The van der Waals surface area contributed by atoms with Gasteiger partial charge in [0.2, 0.25) is 23.3 Å². The number of hydrogen-bond donors (Lipinski definition) is 0. The number of aromatic nitrogens is 9. The third-order valence-corrected chi connectivity index (χ3v) is 2.13. The SMILES string of the molecule is Cc1nc(-c2ncncn2)nc(-c2ncncn2)n1. The highest BCUT2D eigenvalue weighted by Gasteiger charge is 2.11. The molecule has 3 aromatic rings. The minimum absolute atomic E-state index is 0.352. The van der Waals surface area contributed by atoms with E-state index in [2.05, 4.69) is 44.9 Å². The third kappa shape index (κ3) is 2.34. The van der Waals surface area contributed by atoms with Crippen molar-refractivity contribution in [1.29, 1.82) is 0 Å². The zero-order valence-corrected chi connectivity index (χ0v) is 9.83. The molecule has 0 unspecified atom stereocenters. The molecule has 92 valence electrons. The number of nitrogens with zero attached hydrogens (tertiary/aromatic N) is 9. The Kier molecular flexibility index (Phi) is 2.77. The van der Waals surface area contributed by atoms with E-state index in [0.29, 0.717) is 29.1 Å². The second kappa shape index (κ2) is 4.72. The highest BCUT2D eigenvalue weighted by atomic mass is 15.1. The Bertz CT molecular complexity index is 628. The summed E-state index contributed by atoms with van der Waals surface area (Å²) in [5.41, 5.74) is 0. The van der Waals surface area contributed by atoms with Gasteiger partial charge in [0, 0.05) is 0 Å². The summed E-state index contributed by atoms with van der Waals surface area (Å²) in [4.78, 5) is 36.1. The lowest BCUT2D eigenvalue weighted by molar-refractivity contribution is 0.930. The van der Waals surface area contributed by atoms with E-state index < -0.39 is 0 Å². The summed E-state index contributed by atoms with van der Waals surface area (Å²) in [5, 5.41) is 0. The Hall–Kier alpha value is -2.97. The van der Waals surface area contributed by atoms with Gasteiger partial charge in [0.1, 0.15) is 31.1 Å². The van der Waals surface area contributed by atoms with E-state index >= 15 is 0 Å². The Balaban J connectivity index is 2.12. The van der Waals surface area contributed by atoms with Crippen LogP contribution in [0.25, 0.3) is 23.3 Å². The monoisotopic (exact) mass is 253 g/mol. The smallest absolute Gasteiger partial charge is 0.201 e. The average molecular weight is 253 g/mol. The Labute approximate surface area is 107 Å². The van der Waals surface area contributed by atoms with Gasteiger partial charge in [0.05, 0.1) is 0 Å². The summed E-state index contributed by atoms with van der Waals surface area (Å²) in [6.45, 7) is 1.75. The van der Waals surface area contributed by atoms with Gasteiger partial charge in [-0.15, -0.1) is 0 Å². The predicted octanol–water partition coefficient (Wildman–Crippen LogP) is -0.116. The van der Waals surface area contributed by atoms with Gasteiger partial charge in [-0.25, -0.2) is 44.9 Å². The first-order valence-corrected chi connectivity index (χ1v) is 5.30. The summed E-state index contributed by atoms with van der Waals surface area (Å²) >= 11 is 0. The first-order valence-electron chi connectivity index (χ1n) is 5.30. The molecule has 0 radical (unpaired) electrons. The molecule has 0 aliphatic rings. The molecule has 9 heteroatoms. The van der Waals surface area contributed by atoms with Crippen LogP contribution in [0.3, 0.4) is 0 Å². The minimum Gasteiger partial charge on any atom is -0.225 e. The topological polar surface area (TPSA) is 116 Å². The first kappa shape index (κ1) is 11.1. The molecular formula is C10H7N9. The van der Waals surface area contributed by atoms with Gasteiger partial charge >= 0.3 is 0 Å². The maximum absolute atomic E-state index is 4.25. The standard InChI is InChI=1S/C10H7N9/c1-6-17-9(7-13-2-11-3-14-7)19-10(18-6)8-15-4-12-5-16-8/h2-5H,1H3. The van der Waals surface area contributed by atoms with Crippen molar-refractivity contribution in [3.63, 3.8) is 0 Å². The molecule has 0 aromatic carbocycles. The molecule has 19 heavy (non-hydrogen) atoms. The maximum atomic E-state index is 4.25. The highest BCUT2D eigenvalue weighted by Crippen LogP contribution is 2.12. The molecule has 0 bridgehead atoms. The van der Waals surface area contributed by atoms with Crippen LogP contribution in [0.15, 0.2) is 25.3 Å². The third-order valence-electron chi connectivity index (χ3n) is 2.13. The molecular weight excluding hydrogens is 246 g/mol. The average Bonchev–Trinajstić information content (AvgIpc) is 2.48. The van der Waals surface area contributed by atoms with Crippen molar-refractivity contribution in [1.82, 2.24) is 44.9 Å². The lowest BCUT2D eigenvalue weighted by Crippen LogP contribution is -2.03. The Morgan fingerprint density at radius 3 is 1.42 bits per heavy atom. The molecule has 0 fully saturated rings. The summed E-state index contributed by atoms with van der Waals surface area (Å²) in [5.74, 6) is 1.98. The van der Waals surface area contributed by atoms with E-state index in [1.807, 2.05) is 0 Å². The van der Waals surface area contributed by atoms with E-state index in [1.165, 1.54) is 25.3 Å². The lowest BCUT2D eigenvalue weighted by Gasteiger charge is -2.02. The zero-order valence-electron chi connectivity index (χ0n) is 9.83. The van der Waals surface area contributed by atoms with Crippen LogP contribution < -0.4 is 0 Å². The van der Waals surface area contributed by atoms with Crippen LogP contribution in [0.2, 0.25) is 0 Å². The van der Waals surface area contributed by atoms with Gasteiger partial charge in [0.25, 0.3) is 0 Å². The van der Waals surface area contributed by atoms with Crippen LogP contribution in [-0.2, 0) is 0 Å². The van der Waals surface area contributed by atoms with Crippen LogP contribution in [0.1, 0.15) is 5.82 Å². The number of hydrogen-bond acceptors (Lipinski definition) is 9. The van der Waals surface area contributed by atoms with Gasteiger partial charge < -0.3 is 0 Å². The first-order chi connectivity index (χ1) is 9.33. The molecule has 0 aliphatic carbocycles. The van der Waals surface area contributed by atoms with Crippen molar-refractivity contribution in [2.75, 3.05) is 0 Å². The normalized spacial score (nSPS) is 10.4. The van der Waals surface area contributed by atoms with Crippen molar-refractivity contribution in [3.8, 4) is 23.3 Å². The Morgan fingerprint density at radius 2 is 1.00 bits per heavy atom. The number of rotatable bonds is 2. The highest BCUT2D eigenvalue weighted by molar-refractivity contribution is 5.49. The summed E-state index contributed by atoms with van der Waals surface area (Å²) in [6, 6.07) is 0. The zero-order chi connectivity index (χ0) is 13.1. The minimum atomic E-state index is 0.352. The van der Waals surface area contributed by atoms with E-state index in [4.69, 9.17) is 0 Å². The molecule has 0 saturated heterocycles. The van der Waals surface area contributed by atoms with Gasteiger partial charge in [-0.3, -0.25) is 0 Å². The van der Waals surface area contributed by atoms with Crippen molar-refractivity contribution in [2.45, 2.75) is 6.92 Å². The fourth-order valence-corrected chi connectivity index (χ4v) is 1.39. The van der Waals surface area contributed by atoms with E-state index in [-0.39, 0.29) is 0 Å². The fourth-order valence-electron chi connectivity index (χ4n) is 1.39.